The summed E-state index contributed by atoms with van der Waals surface area (Å²) in [6.07, 6.45) is 1.04. The third-order valence-corrected chi connectivity index (χ3v) is 5.50. The Balaban J connectivity index is 1.84. The average Bonchev–Trinajstić information content (AvgIpc) is 2.81. The summed E-state index contributed by atoms with van der Waals surface area (Å²) in [4.78, 5) is 12.2. The van der Waals surface area contributed by atoms with Gasteiger partial charge in [-0.25, -0.2) is 8.42 Å². The van der Waals surface area contributed by atoms with Gasteiger partial charge in [0, 0.05) is 12.1 Å². The highest BCUT2D eigenvalue weighted by molar-refractivity contribution is 7.91. The van der Waals surface area contributed by atoms with E-state index in [9.17, 15) is 13.2 Å². The van der Waals surface area contributed by atoms with Crippen LogP contribution in [0, 0.1) is 5.92 Å². The number of sulfone groups is 1. The van der Waals surface area contributed by atoms with Gasteiger partial charge in [0.05, 0.1) is 30.6 Å². The predicted octanol–water partition coefficient (Wildman–Crippen LogP) is -0.696. The number of amides is 1. The van der Waals surface area contributed by atoms with Gasteiger partial charge >= 0.3 is 0 Å². The van der Waals surface area contributed by atoms with Crippen LogP contribution in [0.15, 0.2) is 0 Å². The third-order valence-electron chi connectivity index (χ3n) is 3.78. The zero-order valence-corrected chi connectivity index (χ0v) is 12.0. The van der Waals surface area contributed by atoms with E-state index >= 15 is 0 Å². The molecular weight excluding hydrogens is 268 g/mol. The molecule has 2 atom stereocenters. The first-order valence-electron chi connectivity index (χ1n) is 6.84. The number of carbonyl (C=O) groups excluding carboxylic acids is 1. The molecular formula is C12H22N2O4S. The number of carbonyl (C=O) groups is 1. The quantitative estimate of drug-likeness (QED) is 0.715. The van der Waals surface area contributed by atoms with E-state index in [1.54, 1.807) is 0 Å². The van der Waals surface area contributed by atoms with E-state index in [4.69, 9.17) is 4.74 Å². The smallest absolute Gasteiger partial charge is 0.227 e. The maximum absolute atomic E-state index is 12.2. The summed E-state index contributed by atoms with van der Waals surface area (Å²) >= 11 is 0. The van der Waals surface area contributed by atoms with Gasteiger partial charge < -0.3 is 15.4 Å². The first-order chi connectivity index (χ1) is 9.02. The van der Waals surface area contributed by atoms with Crippen molar-refractivity contribution in [3.8, 4) is 0 Å². The summed E-state index contributed by atoms with van der Waals surface area (Å²) in [7, 11) is -2.88. The summed E-state index contributed by atoms with van der Waals surface area (Å²) in [6, 6.07) is 0.0521. The molecule has 6 nitrogen and oxygen atoms in total. The minimum absolute atomic E-state index is 0.0149. The van der Waals surface area contributed by atoms with Crippen LogP contribution in [-0.2, 0) is 19.4 Å². The molecule has 0 saturated carbocycles. The van der Waals surface area contributed by atoms with Crippen LogP contribution < -0.4 is 10.6 Å². The van der Waals surface area contributed by atoms with E-state index in [1.165, 1.54) is 0 Å². The molecule has 2 aliphatic heterocycles. The zero-order valence-electron chi connectivity index (χ0n) is 11.2. The molecule has 0 radical (unpaired) electrons. The Morgan fingerprint density at radius 1 is 1.26 bits per heavy atom. The van der Waals surface area contributed by atoms with Crippen LogP contribution in [0.4, 0.5) is 0 Å². The molecule has 2 N–H and O–H groups in total. The molecule has 110 valence electrons. The van der Waals surface area contributed by atoms with E-state index in [0.717, 1.165) is 6.54 Å². The summed E-state index contributed by atoms with van der Waals surface area (Å²) < 4.78 is 28.0. The standard InChI is InChI=1S/C12H22N2O4S/c1-2-13-11-8-18-7-10(11)12(15)14-9-3-5-19(16,17)6-4-9/h9-11,13H,2-8H2,1H3,(H,14,15). The summed E-state index contributed by atoms with van der Waals surface area (Å²) in [6.45, 7) is 3.80. The highest BCUT2D eigenvalue weighted by Crippen LogP contribution is 2.17. The minimum atomic E-state index is -2.88. The van der Waals surface area contributed by atoms with Crippen molar-refractivity contribution in [2.45, 2.75) is 31.8 Å². The average molecular weight is 290 g/mol. The number of hydrogen-bond acceptors (Lipinski definition) is 5. The van der Waals surface area contributed by atoms with Gasteiger partial charge in [-0.1, -0.05) is 6.92 Å². The highest BCUT2D eigenvalue weighted by atomic mass is 32.2. The van der Waals surface area contributed by atoms with Crippen molar-refractivity contribution in [3.05, 3.63) is 0 Å². The Kier molecular flexibility index (Phi) is 4.81. The normalized spacial score (nSPS) is 31.2. The van der Waals surface area contributed by atoms with Gasteiger partial charge in [-0.3, -0.25) is 4.79 Å². The second-order valence-electron chi connectivity index (χ2n) is 5.24. The van der Waals surface area contributed by atoms with Crippen LogP contribution in [0.2, 0.25) is 0 Å². The Bertz CT molecular complexity index is 409. The summed E-state index contributed by atoms with van der Waals surface area (Å²) in [5, 5.41) is 6.21. The number of ether oxygens (including phenoxy) is 1. The van der Waals surface area contributed by atoms with Crippen LogP contribution in [0.1, 0.15) is 19.8 Å². The lowest BCUT2D eigenvalue weighted by Gasteiger charge is -2.25. The number of likely N-dealkylation sites (N-methyl/N-ethyl adjacent to an activating group) is 1. The van der Waals surface area contributed by atoms with Crippen LogP contribution in [0.3, 0.4) is 0 Å². The maximum Gasteiger partial charge on any atom is 0.227 e. The van der Waals surface area contributed by atoms with Crippen LogP contribution >= 0.6 is 0 Å². The maximum atomic E-state index is 12.2. The first-order valence-corrected chi connectivity index (χ1v) is 8.66. The lowest BCUT2D eigenvalue weighted by atomic mass is 10.0. The van der Waals surface area contributed by atoms with Crippen molar-refractivity contribution in [1.29, 1.82) is 0 Å². The number of rotatable bonds is 4. The van der Waals surface area contributed by atoms with Gasteiger partial charge in [0.15, 0.2) is 0 Å². The fourth-order valence-corrected chi connectivity index (χ4v) is 4.11. The van der Waals surface area contributed by atoms with E-state index in [1.807, 2.05) is 6.92 Å². The van der Waals surface area contributed by atoms with Gasteiger partial charge in [-0.05, 0) is 19.4 Å². The van der Waals surface area contributed by atoms with Crippen molar-refractivity contribution in [3.63, 3.8) is 0 Å². The Morgan fingerprint density at radius 3 is 2.58 bits per heavy atom. The van der Waals surface area contributed by atoms with Crippen molar-refractivity contribution in [2.24, 2.45) is 5.92 Å². The Morgan fingerprint density at radius 2 is 1.95 bits per heavy atom. The summed E-state index contributed by atoms with van der Waals surface area (Å²) in [5.41, 5.74) is 0. The lowest BCUT2D eigenvalue weighted by molar-refractivity contribution is -0.126. The molecule has 19 heavy (non-hydrogen) atoms. The van der Waals surface area contributed by atoms with Gasteiger partial charge in [-0.15, -0.1) is 0 Å². The molecule has 7 heteroatoms. The second kappa shape index (κ2) is 6.19. The van der Waals surface area contributed by atoms with Crippen LogP contribution in [-0.4, -0.2) is 57.7 Å². The molecule has 2 aliphatic rings. The zero-order chi connectivity index (χ0) is 13.9. The SMILES string of the molecule is CCNC1COCC1C(=O)NC1CCS(=O)(=O)CC1. The van der Waals surface area contributed by atoms with Gasteiger partial charge in [0.25, 0.3) is 0 Å². The van der Waals surface area contributed by atoms with Crippen LogP contribution in [0.25, 0.3) is 0 Å². The lowest BCUT2D eigenvalue weighted by Crippen LogP contribution is -2.48. The van der Waals surface area contributed by atoms with Crippen LogP contribution in [0.5, 0.6) is 0 Å². The van der Waals surface area contributed by atoms with Gasteiger partial charge in [-0.2, -0.15) is 0 Å². The summed E-state index contributed by atoms with van der Waals surface area (Å²) in [5.74, 6) is 0.164. The highest BCUT2D eigenvalue weighted by Gasteiger charge is 2.35. The second-order valence-corrected chi connectivity index (χ2v) is 7.55. The fourth-order valence-electron chi connectivity index (χ4n) is 2.62. The molecule has 0 aromatic carbocycles. The third kappa shape index (κ3) is 3.90. The molecule has 2 fully saturated rings. The van der Waals surface area contributed by atoms with Crippen molar-refractivity contribution >= 4 is 15.7 Å². The predicted molar refractivity (Wildman–Crippen MR) is 71.6 cm³/mol. The molecule has 0 aromatic rings. The van der Waals surface area contributed by atoms with E-state index < -0.39 is 9.84 Å². The Hall–Kier alpha value is -0.660. The Labute approximate surface area is 114 Å². The minimum Gasteiger partial charge on any atom is -0.379 e. The largest absolute Gasteiger partial charge is 0.379 e. The molecule has 0 aromatic heterocycles. The monoisotopic (exact) mass is 290 g/mol. The molecule has 2 saturated heterocycles. The molecule has 2 unspecified atom stereocenters. The molecule has 2 heterocycles. The van der Waals surface area contributed by atoms with E-state index in [-0.39, 0.29) is 35.4 Å². The molecule has 1 amide bonds. The van der Waals surface area contributed by atoms with Gasteiger partial charge in [0.1, 0.15) is 9.84 Å². The number of hydrogen-bond donors (Lipinski definition) is 2. The fraction of sp³-hybridized carbons (Fsp3) is 0.917. The van der Waals surface area contributed by atoms with Crippen molar-refractivity contribution in [2.75, 3.05) is 31.3 Å². The molecule has 2 rings (SSSR count). The van der Waals surface area contributed by atoms with Crippen molar-refractivity contribution in [1.82, 2.24) is 10.6 Å². The van der Waals surface area contributed by atoms with Gasteiger partial charge in [0.2, 0.25) is 5.91 Å². The molecule has 0 aliphatic carbocycles. The van der Waals surface area contributed by atoms with E-state index in [0.29, 0.717) is 26.1 Å². The van der Waals surface area contributed by atoms with Crippen molar-refractivity contribution < 1.29 is 17.9 Å². The topological polar surface area (TPSA) is 84.5 Å². The van der Waals surface area contributed by atoms with E-state index in [2.05, 4.69) is 10.6 Å². The molecule has 0 bridgehead atoms. The number of nitrogens with one attached hydrogen (secondary N) is 2. The molecule has 0 spiro atoms. The first kappa shape index (κ1) is 14.7.